The molecule has 130 valence electrons. The monoisotopic (exact) mass is 331 g/mol. The number of hydrogen-bond acceptors (Lipinski definition) is 4. The number of aliphatic hydroxyl groups is 1. The van der Waals surface area contributed by atoms with Crippen LogP contribution in [-0.2, 0) is 6.42 Å². The number of amides is 1. The molecule has 5 heteroatoms. The van der Waals surface area contributed by atoms with Gasteiger partial charge in [0.05, 0.1) is 6.10 Å². The van der Waals surface area contributed by atoms with Crippen LogP contribution in [-0.4, -0.2) is 22.4 Å². The lowest BCUT2D eigenvalue weighted by Gasteiger charge is -2.50. The van der Waals surface area contributed by atoms with Crippen molar-refractivity contribution in [2.75, 3.05) is 0 Å². The molecule has 3 aliphatic rings. The second-order valence-corrected chi connectivity index (χ2v) is 7.99. The van der Waals surface area contributed by atoms with Crippen LogP contribution in [0.2, 0.25) is 0 Å². The van der Waals surface area contributed by atoms with Crippen molar-refractivity contribution in [3.63, 3.8) is 0 Å². The lowest BCUT2D eigenvalue weighted by atomic mass is 9.55. The Morgan fingerprint density at radius 1 is 1.29 bits per heavy atom. The minimum Gasteiger partial charge on any atom is -0.508 e. The minimum absolute atomic E-state index is 0.0142. The van der Waals surface area contributed by atoms with Crippen LogP contribution in [0.15, 0.2) is 12.1 Å². The van der Waals surface area contributed by atoms with Gasteiger partial charge in [0.15, 0.2) is 0 Å². The summed E-state index contributed by atoms with van der Waals surface area (Å²) in [6, 6.07) is 3.29. The van der Waals surface area contributed by atoms with Crippen molar-refractivity contribution < 1.29 is 19.7 Å². The van der Waals surface area contributed by atoms with Crippen molar-refractivity contribution in [2.24, 2.45) is 23.0 Å². The number of aliphatic hydroxyl groups excluding tert-OH is 1. The summed E-state index contributed by atoms with van der Waals surface area (Å²) in [5, 5.41) is 20.4. The van der Waals surface area contributed by atoms with Gasteiger partial charge in [-0.05, 0) is 73.3 Å². The second-order valence-electron chi connectivity index (χ2n) is 7.99. The highest BCUT2D eigenvalue weighted by atomic mass is 16.5. The van der Waals surface area contributed by atoms with Crippen LogP contribution in [0.5, 0.6) is 11.5 Å². The summed E-state index contributed by atoms with van der Waals surface area (Å²) in [5.41, 5.74) is 7.35. The molecule has 0 unspecified atom stereocenters. The van der Waals surface area contributed by atoms with Gasteiger partial charge in [-0.3, -0.25) is 0 Å². The van der Waals surface area contributed by atoms with E-state index in [4.69, 9.17) is 10.5 Å². The first kappa shape index (κ1) is 15.8. The number of hydrogen-bond donors (Lipinski definition) is 3. The fraction of sp³-hybridized carbons (Fsp3) is 0.632. The number of primary amides is 1. The lowest BCUT2D eigenvalue weighted by molar-refractivity contribution is -0.0228. The Morgan fingerprint density at radius 2 is 2.08 bits per heavy atom. The molecule has 0 saturated heterocycles. The summed E-state index contributed by atoms with van der Waals surface area (Å²) in [6.07, 6.45) is 4.79. The maximum absolute atomic E-state index is 11.3. The third-order valence-corrected chi connectivity index (χ3v) is 6.93. The van der Waals surface area contributed by atoms with Crippen LogP contribution in [0.3, 0.4) is 0 Å². The number of rotatable bonds is 1. The quantitative estimate of drug-likeness (QED) is 0.737. The van der Waals surface area contributed by atoms with Crippen molar-refractivity contribution in [3.05, 3.63) is 23.3 Å². The topological polar surface area (TPSA) is 92.8 Å². The van der Waals surface area contributed by atoms with Gasteiger partial charge >= 0.3 is 6.09 Å². The number of carbonyl (C=O) groups excluding carboxylic acids is 1. The third kappa shape index (κ3) is 2.21. The summed E-state index contributed by atoms with van der Waals surface area (Å²) in [4.78, 5) is 11.3. The Bertz CT molecular complexity index is 688. The highest BCUT2D eigenvalue weighted by molar-refractivity contribution is 5.69. The molecule has 0 heterocycles. The van der Waals surface area contributed by atoms with E-state index in [1.807, 2.05) is 0 Å². The lowest BCUT2D eigenvalue weighted by Crippen LogP contribution is -2.44. The summed E-state index contributed by atoms with van der Waals surface area (Å²) in [7, 11) is 0. The summed E-state index contributed by atoms with van der Waals surface area (Å²) >= 11 is 0. The Kier molecular flexibility index (Phi) is 3.53. The average Bonchev–Trinajstić information content (AvgIpc) is 2.81. The average molecular weight is 331 g/mol. The molecule has 2 fully saturated rings. The van der Waals surface area contributed by atoms with E-state index in [1.54, 1.807) is 6.07 Å². The number of phenolic OH excluding ortho intramolecular Hbond substituents is 1. The number of phenols is 1. The van der Waals surface area contributed by atoms with Crippen LogP contribution in [0, 0.1) is 17.3 Å². The molecule has 2 saturated carbocycles. The molecule has 24 heavy (non-hydrogen) atoms. The van der Waals surface area contributed by atoms with Crippen LogP contribution < -0.4 is 10.5 Å². The molecular weight excluding hydrogens is 306 g/mol. The molecule has 0 aliphatic heterocycles. The maximum atomic E-state index is 11.3. The van der Waals surface area contributed by atoms with Crippen LogP contribution in [0.25, 0.3) is 0 Å². The van der Waals surface area contributed by atoms with Gasteiger partial charge < -0.3 is 20.7 Å². The molecule has 1 aromatic carbocycles. The van der Waals surface area contributed by atoms with Gasteiger partial charge in [0.2, 0.25) is 0 Å². The molecule has 1 aromatic rings. The fourth-order valence-corrected chi connectivity index (χ4v) is 5.83. The van der Waals surface area contributed by atoms with E-state index in [1.165, 1.54) is 6.07 Å². The zero-order chi connectivity index (χ0) is 17.1. The molecule has 0 spiro atoms. The van der Waals surface area contributed by atoms with Crippen molar-refractivity contribution in [2.45, 2.75) is 57.5 Å². The predicted molar refractivity (Wildman–Crippen MR) is 88.9 cm³/mol. The number of nitrogens with two attached hydrogens (primary N) is 1. The number of benzene rings is 1. The second kappa shape index (κ2) is 5.38. The van der Waals surface area contributed by atoms with Gasteiger partial charge in [-0.25, -0.2) is 4.79 Å². The number of aryl methyl sites for hydroxylation is 1. The van der Waals surface area contributed by atoms with Crippen LogP contribution in [0.4, 0.5) is 4.79 Å². The first-order valence-electron chi connectivity index (χ1n) is 8.91. The Balaban J connectivity index is 1.75. The van der Waals surface area contributed by atoms with Crippen molar-refractivity contribution >= 4 is 6.09 Å². The SMILES string of the molecule is C[C@]12CC[C@@H]3c4c(cc(O)cc4OC(N)=O)CC[C@@H]3[C@@H]1CC[C@@H]2O. The van der Waals surface area contributed by atoms with Crippen molar-refractivity contribution in [1.82, 2.24) is 0 Å². The summed E-state index contributed by atoms with van der Waals surface area (Å²) in [5.74, 6) is 1.84. The highest BCUT2D eigenvalue weighted by Gasteiger charge is 2.54. The summed E-state index contributed by atoms with van der Waals surface area (Å²) in [6.45, 7) is 2.23. The minimum atomic E-state index is -0.846. The van der Waals surface area contributed by atoms with Gasteiger partial charge in [0, 0.05) is 11.6 Å². The Labute approximate surface area is 141 Å². The predicted octanol–water partition coefficient (Wildman–Crippen LogP) is 3.07. The zero-order valence-electron chi connectivity index (χ0n) is 14.0. The Morgan fingerprint density at radius 3 is 2.83 bits per heavy atom. The van der Waals surface area contributed by atoms with E-state index in [2.05, 4.69) is 6.92 Å². The molecular formula is C19H25NO4. The van der Waals surface area contributed by atoms with Crippen LogP contribution in [0.1, 0.15) is 56.1 Å². The summed E-state index contributed by atoms with van der Waals surface area (Å²) < 4.78 is 5.23. The molecule has 4 rings (SSSR count). The smallest absolute Gasteiger partial charge is 0.409 e. The van der Waals surface area contributed by atoms with E-state index < -0.39 is 6.09 Å². The molecule has 5 atom stereocenters. The first-order chi connectivity index (χ1) is 11.4. The maximum Gasteiger partial charge on any atom is 0.409 e. The molecule has 0 aromatic heterocycles. The van der Waals surface area contributed by atoms with E-state index in [0.717, 1.165) is 49.7 Å². The molecule has 0 bridgehead atoms. The molecule has 0 radical (unpaired) electrons. The van der Waals surface area contributed by atoms with Crippen molar-refractivity contribution in [3.8, 4) is 11.5 Å². The normalized spacial score (nSPS) is 37.2. The fourth-order valence-electron chi connectivity index (χ4n) is 5.83. The number of ether oxygens (including phenoxy) is 1. The molecule has 1 amide bonds. The van der Waals surface area contributed by atoms with Gasteiger partial charge in [-0.1, -0.05) is 6.92 Å². The standard InChI is InChI=1S/C19H25NO4/c1-19-7-6-13-12(14(19)4-5-16(19)22)3-2-10-8-11(21)9-15(17(10)13)24-18(20)23/h8-9,12-14,16,21-22H,2-7H2,1H3,(H2,20,23)/t12-,13-,14-,16-,19-/m0/s1. The van der Waals surface area contributed by atoms with Gasteiger partial charge in [0.25, 0.3) is 0 Å². The van der Waals surface area contributed by atoms with Gasteiger partial charge in [-0.15, -0.1) is 0 Å². The third-order valence-electron chi connectivity index (χ3n) is 6.93. The van der Waals surface area contributed by atoms with Crippen LogP contribution >= 0.6 is 0 Å². The van der Waals surface area contributed by atoms with E-state index in [9.17, 15) is 15.0 Å². The van der Waals surface area contributed by atoms with Crippen molar-refractivity contribution in [1.29, 1.82) is 0 Å². The number of carbonyl (C=O) groups is 1. The van der Waals surface area contributed by atoms with E-state index >= 15 is 0 Å². The molecule has 3 aliphatic carbocycles. The largest absolute Gasteiger partial charge is 0.508 e. The first-order valence-corrected chi connectivity index (χ1v) is 8.91. The number of fused-ring (bicyclic) bond motifs is 5. The molecule has 4 N–H and O–H groups in total. The molecule has 5 nitrogen and oxygen atoms in total. The van der Waals surface area contributed by atoms with E-state index in [0.29, 0.717) is 23.5 Å². The Hall–Kier alpha value is -1.75. The number of aromatic hydroxyl groups is 1. The highest BCUT2D eigenvalue weighted by Crippen LogP contribution is 2.62. The van der Waals surface area contributed by atoms with Gasteiger partial charge in [-0.2, -0.15) is 0 Å². The van der Waals surface area contributed by atoms with E-state index in [-0.39, 0.29) is 17.3 Å². The van der Waals surface area contributed by atoms with Gasteiger partial charge in [0.1, 0.15) is 11.5 Å². The zero-order valence-corrected chi connectivity index (χ0v) is 14.0.